The Bertz CT molecular complexity index is 771. The lowest BCUT2D eigenvalue weighted by Crippen LogP contribution is -2.30. The number of rotatable bonds is 6. The Hall–Kier alpha value is -2.15. The lowest BCUT2D eigenvalue weighted by atomic mass is 9.90. The second-order valence-corrected chi connectivity index (χ2v) is 8.56. The van der Waals surface area contributed by atoms with E-state index in [-0.39, 0.29) is 6.03 Å². The van der Waals surface area contributed by atoms with Crippen LogP contribution in [0.2, 0.25) is 0 Å². The van der Waals surface area contributed by atoms with E-state index in [0.29, 0.717) is 12.5 Å². The number of carbonyl (C=O) groups excluding carboxylic acids is 1. The van der Waals surface area contributed by atoms with Crippen LogP contribution in [-0.4, -0.2) is 34.8 Å². The smallest absolute Gasteiger partial charge is 0.321 e. The second-order valence-electron chi connectivity index (χ2n) is 7.30. The molecule has 2 aromatic rings. The predicted octanol–water partition coefficient (Wildman–Crippen LogP) is 4.78. The van der Waals surface area contributed by atoms with Crippen molar-refractivity contribution in [2.45, 2.75) is 52.5 Å². The number of nitrogens with zero attached hydrogens (tertiary/aromatic N) is 3. The molecule has 7 heteroatoms. The molecular formula is C20H28N4O2S. The van der Waals surface area contributed by atoms with Crippen LogP contribution in [0.15, 0.2) is 18.2 Å². The number of aryl methyl sites for hydroxylation is 2. The van der Waals surface area contributed by atoms with Crippen molar-refractivity contribution in [2.24, 2.45) is 5.92 Å². The van der Waals surface area contributed by atoms with Crippen LogP contribution < -0.4 is 10.1 Å². The molecule has 0 unspecified atom stereocenters. The SMILES string of the molecule is Cc1nnc(CN(C)C(=O)Nc2ccc(C)c(OCC3CCCCC3)c2)s1. The van der Waals surface area contributed by atoms with Crippen molar-refractivity contribution in [1.82, 2.24) is 15.1 Å². The number of nitrogens with one attached hydrogen (secondary N) is 1. The number of aromatic nitrogens is 2. The summed E-state index contributed by atoms with van der Waals surface area (Å²) in [5, 5.41) is 12.7. The Morgan fingerprint density at radius 3 is 2.74 bits per heavy atom. The molecule has 0 radical (unpaired) electrons. The highest BCUT2D eigenvalue weighted by atomic mass is 32.1. The number of anilines is 1. The van der Waals surface area contributed by atoms with Gasteiger partial charge in [0.05, 0.1) is 13.2 Å². The number of hydrogen-bond acceptors (Lipinski definition) is 5. The molecule has 1 fully saturated rings. The number of benzene rings is 1. The van der Waals surface area contributed by atoms with E-state index in [1.54, 1.807) is 11.9 Å². The summed E-state index contributed by atoms with van der Waals surface area (Å²) in [5.41, 5.74) is 1.83. The Balaban J connectivity index is 1.56. The van der Waals surface area contributed by atoms with Gasteiger partial charge in [0, 0.05) is 18.8 Å². The molecule has 0 atom stereocenters. The molecule has 6 nitrogen and oxygen atoms in total. The third-order valence-corrected chi connectivity index (χ3v) is 5.75. The summed E-state index contributed by atoms with van der Waals surface area (Å²) in [6.07, 6.45) is 6.48. The molecule has 0 bridgehead atoms. The first-order valence-electron chi connectivity index (χ1n) is 9.56. The van der Waals surface area contributed by atoms with E-state index < -0.39 is 0 Å². The van der Waals surface area contributed by atoms with Crippen molar-refractivity contribution in [3.8, 4) is 5.75 Å². The molecule has 1 aliphatic rings. The van der Waals surface area contributed by atoms with Gasteiger partial charge in [-0.2, -0.15) is 0 Å². The minimum Gasteiger partial charge on any atom is -0.493 e. The first-order valence-corrected chi connectivity index (χ1v) is 10.4. The zero-order valence-corrected chi connectivity index (χ0v) is 17.1. The van der Waals surface area contributed by atoms with E-state index in [1.807, 2.05) is 32.0 Å². The summed E-state index contributed by atoms with van der Waals surface area (Å²) in [5.74, 6) is 1.50. The second kappa shape index (κ2) is 9.17. The fourth-order valence-electron chi connectivity index (χ4n) is 3.29. The van der Waals surface area contributed by atoms with Crippen molar-refractivity contribution in [1.29, 1.82) is 0 Å². The number of amides is 2. The van der Waals surface area contributed by atoms with Gasteiger partial charge in [-0.3, -0.25) is 0 Å². The first-order chi connectivity index (χ1) is 13.0. The third kappa shape index (κ3) is 5.66. The quantitative estimate of drug-likeness (QED) is 0.773. The molecule has 3 rings (SSSR count). The van der Waals surface area contributed by atoms with Gasteiger partial charge >= 0.3 is 6.03 Å². The van der Waals surface area contributed by atoms with Crippen LogP contribution in [0.25, 0.3) is 0 Å². The largest absolute Gasteiger partial charge is 0.493 e. The van der Waals surface area contributed by atoms with Crippen molar-refractivity contribution >= 4 is 23.1 Å². The first kappa shape index (κ1) is 19.6. The Kier molecular flexibility index (Phi) is 6.66. The monoisotopic (exact) mass is 388 g/mol. The molecule has 146 valence electrons. The van der Waals surface area contributed by atoms with Gasteiger partial charge in [0.25, 0.3) is 0 Å². The zero-order chi connectivity index (χ0) is 19.2. The minimum absolute atomic E-state index is 0.176. The van der Waals surface area contributed by atoms with Gasteiger partial charge in [-0.1, -0.05) is 36.7 Å². The van der Waals surface area contributed by atoms with E-state index in [1.165, 1.54) is 43.4 Å². The maximum atomic E-state index is 12.5. The molecular weight excluding hydrogens is 360 g/mol. The van der Waals surface area contributed by atoms with Gasteiger partial charge in [-0.15, -0.1) is 10.2 Å². The van der Waals surface area contributed by atoms with Crippen molar-refractivity contribution < 1.29 is 9.53 Å². The summed E-state index contributed by atoms with van der Waals surface area (Å²) >= 11 is 1.50. The average molecular weight is 389 g/mol. The molecule has 0 aliphatic heterocycles. The normalized spacial score (nSPS) is 14.8. The van der Waals surface area contributed by atoms with Gasteiger partial charge in [0.1, 0.15) is 15.8 Å². The molecule has 0 saturated heterocycles. The third-order valence-electron chi connectivity index (χ3n) is 4.93. The van der Waals surface area contributed by atoms with Gasteiger partial charge in [-0.05, 0) is 44.2 Å². The fraction of sp³-hybridized carbons (Fsp3) is 0.550. The molecule has 1 saturated carbocycles. The van der Waals surface area contributed by atoms with Crippen molar-refractivity contribution in [3.05, 3.63) is 33.8 Å². The summed E-state index contributed by atoms with van der Waals surface area (Å²) in [4.78, 5) is 14.1. The van der Waals surface area contributed by atoms with Crippen LogP contribution >= 0.6 is 11.3 Å². The maximum absolute atomic E-state index is 12.5. The molecule has 0 spiro atoms. The molecule has 1 N–H and O–H groups in total. The average Bonchev–Trinajstić information content (AvgIpc) is 3.07. The molecule has 1 heterocycles. The van der Waals surface area contributed by atoms with E-state index in [2.05, 4.69) is 15.5 Å². The Morgan fingerprint density at radius 2 is 2.04 bits per heavy atom. The Labute approximate surface area is 164 Å². The highest BCUT2D eigenvalue weighted by Crippen LogP contribution is 2.27. The van der Waals surface area contributed by atoms with E-state index in [0.717, 1.165) is 33.6 Å². The predicted molar refractivity (Wildman–Crippen MR) is 108 cm³/mol. The molecule has 1 aliphatic carbocycles. The summed E-state index contributed by atoms with van der Waals surface area (Å²) in [6, 6.07) is 5.63. The van der Waals surface area contributed by atoms with E-state index in [9.17, 15) is 4.79 Å². The number of urea groups is 1. The summed E-state index contributed by atoms with van der Waals surface area (Å²) in [6.45, 7) is 5.14. The lowest BCUT2D eigenvalue weighted by Gasteiger charge is -2.22. The minimum atomic E-state index is -0.176. The standard InChI is InChI=1S/C20H28N4O2S/c1-14-9-10-17(11-18(14)26-13-16-7-5-4-6-8-16)21-20(25)24(3)12-19-23-22-15(2)27-19/h9-11,16H,4-8,12-13H2,1-3H3,(H,21,25). The highest BCUT2D eigenvalue weighted by Gasteiger charge is 2.16. The maximum Gasteiger partial charge on any atom is 0.321 e. The van der Waals surface area contributed by atoms with Crippen molar-refractivity contribution in [3.63, 3.8) is 0 Å². The molecule has 2 amide bonds. The van der Waals surface area contributed by atoms with Crippen LogP contribution in [0.3, 0.4) is 0 Å². The van der Waals surface area contributed by atoms with Crippen LogP contribution in [0.4, 0.5) is 10.5 Å². The van der Waals surface area contributed by atoms with E-state index in [4.69, 9.17) is 4.74 Å². The van der Waals surface area contributed by atoms with Crippen LogP contribution in [-0.2, 0) is 6.54 Å². The topological polar surface area (TPSA) is 67.4 Å². The van der Waals surface area contributed by atoms with Crippen LogP contribution in [0, 0.1) is 19.8 Å². The lowest BCUT2D eigenvalue weighted by molar-refractivity contribution is 0.208. The number of carbonyl (C=O) groups is 1. The number of hydrogen-bond donors (Lipinski definition) is 1. The molecule has 27 heavy (non-hydrogen) atoms. The molecule has 1 aromatic heterocycles. The zero-order valence-electron chi connectivity index (χ0n) is 16.3. The van der Waals surface area contributed by atoms with Gasteiger partial charge < -0.3 is 15.0 Å². The van der Waals surface area contributed by atoms with Crippen LogP contribution in [0.1, 0.15) is 47.7 Å². The summed E-state index contributed by atoms with van der Waals surface area (Å²) in [7, 11) is 1.75. The van der Waals surface area contributed by atoms with Crippen molar-refractivity contribution in [2.75, 3.05) is 19.0 Å². The van der Waals surface area contributed by atoms with Gasteiger partial charge in [-0.25, -0.2) is 4.79 Å². The highest BCUT2D eigenvalue weighted by molar-refractivity contribution is 7.11. The summed E-state index contributed by atoms with van der Waals surface area (Å²) < 4.78 is 6.08. The number of ether oxygens (including phenoxy) is 1. The van der Waals surface area contributed by atoms with Gasteiger partial charge in [0.15, 0.2) is 0 Å². The molecule has 1 aromatic carbocycles. The van der Waals surface area contributed by atoms with Crippen LogP contribution in [0.5, 0.6) is 5.75 Å². The fourth-order valence-corrected chi connectivity index (χ4v) is 4.05. The van der Waals surface area contributed by atoms with E-state index >= 15 is 0 Å². The van der Waals surface area contributed by atoms with Gasteiger partial charge in [0.2, 0.25) is 0 Å². The Morgan fingerprint density at radius 1 is 1.26 bits per heavy atom.